The first-order valence-electron chi connectivity index (χ1n) is 6.73. The Labute approximate surface area is 109 Å². The van der Waals surface area contributed by atoms with Gasteiger partial charge in [0.25, 0.3) is 0 Å². The molecule has 1 aromatic carbocycles. The lowest BCUT2D eigenvalue weighted by Crippen LogP contribution is -2.33. The lowest BCUT2D eigenvalue weighted by molar-refractivity contribution is -0.118. The van der Waals surface area contributed by atoms with Crippen LogP contribution in [-0.2, 0) is 11.2 Å². The van der Waals surface area contributed by atoms with E-state index in [1.54, 1.807) is 4.90 Å². The van der Waals surface area contributed by atoms with Gasteiger partial charge >= 0.3 is 0 Å². The minimum absolute atomic E-state index is 0.416. The first kappa shape index (κ1) is 13.1. The highest BCUT2D eigenvalue weighted by Crippen LogP contribution is 2.14. The minimum Gasteiger partial charge on any atom is -0.344 e. The monoisotopic (exact) mass is 246 g/mol. The Kier molecular flexibility index (Phi) is 4.76. The number of carbonyl (C=O) groups excluding carboxylic acids is 1. The maximum absolute atomic E-state index is 10.7. The largest absolute Gasteiger partial charge is 0.344 e. The Balaban J connectivity index is 1.68. The van der Waals surface area contributed by atoms with E-state index in [1.807, 2.05) is 7.05 Å². The highest BCUT2D eigenvalue weighted by Gasteiger charge is 2.24. The number of hydrogen-bond donors (Lipinski definition) is 0. The first-order chi connectivity index (χ1) is 8.79. The van der Waals surface area contributed by atoms with Gasteiger partial charge in [-0.05, 0) is 31.4 Å². The quantitative estimate of drug-likeness (QED) is 0.714. The molecule has 0 bridgehead atoms. The van der Waals surface area contributed by atoms with E-state index >= 15 is 0 Å². The van der Waals surface area contributed by atoms with Gasteiger partial charge in [0, 0.05) is 26.2 Å². The summed E-state index contributed by atoms with van der Waals surface area (Å²) in [5, 5.41) is 0. The van der Waals surface area contributed by atoms with Crippen molar-refractivity contribution in [3.8, 4) is 0 Å². The SMILES string of the molecule is CN(C=O)[C@@H]1CCN(CCCc2ccccc2)C1. The second kappa shape index (κ2) is 6.55. The van der Waals surface area contributed by atoms with E-state index in [0.29, 0.717) is 6.04 Å². The highest BCUT2D eigenvalue weighted by atomic mass is 16.1. The van der Waals surface area contributed by atoms with Crippen LogP contribution in [0.2, 0.25) is 0 Å². The van der Waals surface area contributed by atoms with E-state index in [9.17, 15) is 4.79 Å². The Morgan fingerprint density at radius 3 is 2.89 bits per heavy atom. The van der Waals surface area contributed by atoms with Crippen molar-refractivity contribution in [2.45, 2.75) is 25.3 Å². The number of rotatable bonds is 6. The molecule has 0 spiro atoms. The maximum Gasteiger partial charge on any atom is 0.209 e. The van der Waals surface area contributed by atoms with Gasteiger partial charge < -0.3 is 9.80 Å². The smallest absolute Gasteiger partial charge is 0.209 e. The molecule has 1 aliphatic heterocycles. The molecule has 18 heavy (non-hydrogen) atoms. The van der Waals surface area contributed by atoms with Crippen molar-refractivity contribution >= 4 is 6.41 Å². The highest BCUT2D eigenvalue weighted by molar-refractivity contribution is 5.47. The van der Waals surface area contributed by atoms with E-state index in [-0.39, 0.29) is 0 Å². The lowest BCUT2D eigenvalue weighted by atomic mass is 10.1. The van der Waals surface area contributed by atoms with Crippen LogP contribution in [0.25, 0.3) is 0 Å². The molecule has 1 aromatic rings. The van der Waals surface area contributed by atoms with E-state index in [2.05, 4.69) is 35.2 Å². The van der Waals surface area contributed by atoms with Crippen LogP contribution in [0.3, 0.4) is 0 Å². The Bertz CT molecular complexity index is 366. The zero-order valence-corrected chi connectivity index (χ0v) is 11.1. The van der Waals surface area contributed by atoms with Crippen LogP contribution in [-0.4, -0.2) is 48.9 Å². The average molecular weight is 246 g/mol. The molecule has 1 amide bonds. The molecule has 0 radical (unpaired) electrons. The molecule has 1 aliphatic rings. The lowest BCUT2D eigenvalue weighted by Gasteiger charge is -2.20. The van der Waals surface area contributed by atoms with Gasteiger partial charge in [-0.1, -0.05) is 30.3 Å². The van der Waals surface area contributed by atoms with Crippen LogP contribution in [0.15, 0.2) is 30.3 Å². The molecular formula is C15H22N2O. The summed E-state index contributed by atoms with van der Waals surface area (Å²) in [6.07, 6.45) is 4.39. The maximum atomic E-state index is 10.7. The van der Waals surface area contributed by atoms with E-state index in [0.717, 1.165) is 38.9 Å². The third kappa shape index (κ3) is 3.57. The summed E-state index contributed by atoms with van der Waals surface area (Å²) >= 11 is 0. The van der Waals surface area contributed by atoms with Gasteiger partial charge in [-0.2, -0.15) is 0 Å². The molecule has 1 saturated heterocycles. The van der Waals surface area contributed by atoms with Crippen molar-refractivity contribution in [2.24, 2.45) is 0 Å². The molecule has 0 aliphatic carbocycles. The fraction of sp³-hybridized carbons (Fsp3) is 0.533. The summed E-state index contributed by atoms with van der Waals surface area (Å²) in [5.74, 6) is 0. The number of hydrogen-bond acceptors (Lipinski definition) is 2. The van der Waals surface area contributed by atoms with E-state index in [1.165, 1.54) is 12.0 Å². The predicted octanol–water partition coefficient (Wildman–Crippen LogP) is 1.78. The third-order valence-corrected chi connectivity index (χ3v) is 3.77. The van der Waals surface area contributed by atoms with Crippen LogP contribution < -0.4 is 0 Å². The standard InChI is InChI=1S/C15H22N2O/c1-16(13-18)15-9-11-17(12-15)10-5-8-14-6-3-2-4-7-14/h2-4,6-7,13,15H,5,8-12H2,1H3/t15-/m1/s1. The van der Waals surface area contributed by atoms with Gasteiger partial charge in [-0.25, -0.2) is 0 Å². The van der Waals surface area contributed by atoms with Crippen molar-refractivity contribution in [3.05, 3.63) is 35.9 Å². The number of carbonyl (C=O) groups is 1. The van der Waals surface area contributed by atoms with Crippen LogP contribution in [0, 0.1) is 0 Å². The molecule has 2 rings (SSSR count). The fourth-order valence-corrected chi connectivity index (χ4v) is 2.59. The number of likely N-dealkylation sites (N-methyl/N-ethyl adjacent to an activating group) is 1. The molecule has 0 saturated carbocycles. The normalized spacial score (nSPS) is 19.9. The molecule has 0 N–H and O–H groups in total. The Hall–Kier alpha value is -1.35. The van der Waals surface area contributed by atoms with Crippen LogP contribution in [0.4, 0.5) is 0 Å². The van der Waals surface area contributed by atoms with Gasteiger partial charge in [0.15, 0.2) is 0 Å². The Morgan fingerprint density at radius 2 is 2.17 bits per heavy atom. The molecule has 1 atom stereocenters. The number of likely N-dealkylation sites (tertiary alicyclic amines) is 1. The summed E-state index contributed by atoms with van der Waals surface area (Å²) in [6, 6.07) is 11.0. The summed E-state index contributed by atoms with van der Waals surface area (Å²) in [6.45, 7) is 3.29. The van der Waals surface area contributed by atoms with Crippen LogP contribution in [0.1, 0.15) is 18.4 Å². The van der Waals surface area contributed by atoms with Crippen molar-refractivity contribution in [1.29, 1.82) is 0 Å². The summed E-state index contributed by atoms with van der Waals surface area (Å²) in [5.41, 5.74) is 1.42. The molecule has 0 aromatic heterocycles. The van der Waals surface area contributed by atoms with Gasteiger partial charge in [-0.3, -0.25) is 4.79 Å². The van der Waals surface area contributed by atoms with Gasteiger partial charge in [0.2, 0.25) is 6.41 Å². The van der Waals surface area contributed by atoms with E-state index in [4.69, 9.17) is 0 Å². The number of aryl methyl sites for hydroxylation is 1. The van der Waals surface area contributed by atoms with Gasteiger partial charge in [0.1, 0.15) is 0 Å². The molecule has 3 heteroatoms. The fourth-order valence-electron chi connectivity index (χ4n) is 2.59. The van der Waals surface area contributed by atoms with Crippen LogP contribution >= 0.6 is 0 Å². The second-order valence-electron chi connectivity index (χ2n) is 5.10. The minimum atomic E-state index is 0.416. The molecule has 1 heterocycles. The molecule has 1 fully saturated rings. The summed E-state index contributed by atoms with van der Waals surface area (Å²) in [4.78, 5) is 15.0. The van der Waals surface area contributed by atoms with Gasteiger partial charge in [0.05, 0.1) is 0 Å². The number of amides is 1. The topological polar surface area (TPSA) is 23.6 Å². The van der Waals surface area contributed by atoms with E-state index < -0.39 is 0 Å². The Morgan fingerprint density at radius 1 is 1.39 bits per heavy atom. The number of nitrogens with zero attached hydrogens (tertiary/aromatic N) is 2. The zero-order chi connectivity index (χ0) is 12.8. The van der Waals surface area contributed by atoms with Crippen molar-refractivity contribution in [1.82, 2.24) is 9.80 Å². The average Bonchev–Trinajstić information content (AvgIpc) is 2.88. The van der Waals surface area contributed by atoms with Crippen LogP contribution in [0.5, 0.6) is 0 Å². The first-order valence-corrected chi connectivity index (χ1v) is 6.73. The van der Waals surface area contributed by atoms with Crippen molar-refractivity contribution in [3.63, 3.8) is 0 Å². The van der Waals surface area contributed by atoms with Crippen molar-refractivity contribution in [2.75, 3.05) is 26.7 Å². The number of benzene rings is 1. The molecule has 3 nitrogen and oxygen atoms in total. The molecular weight excluding hydrogens is 224 g/mol. The van der Waals surface area contributed by atoms with Crippen molar-refractivity contribution < 1.29 is 4.79 Å². The summed E-state index contributed by atoms with van der Waals surface area (Å²) in [7, 11) is 1.88. The van der Waals surface area contributed by atoms with Gasteiger partial charge in [-0.15, -0.1) is 0 Å². The second-order valence-corrected chi connectivity index (χ2v) is 5.10. The molecule has 98 valence electrons. The predicted molar refractivity (Wildman–Crippen MR) is 73.4 cm³/mol. The molecule has 0 unspecified atom stereocenters. The third-order valence-electron chi connectivity index (χ3n) is 3.77. The zero-order valence-electron chi connectivity index (χ0n) is 11.1. The summed E-state index contributed by atoms with van der Waals surface area (Å²) < 4.78 is 0.